The minimum atomic E-state index is -0.291. The lowest BCUT2D eigenvalue weighted by atomic mass is 10.1. The van der Waals surface area contributed by atoms with E-state index in [-0.39, 0.29) is 18.4 Å². The Labute approximate surface area is 185 Å². The Bertz CT molecular complexity index is 1010. The van der Waals surface area contributed by atoms with Gasteiger partial charge in [0.15, 0.2) is 6.61 Å². The average molecular weight is 518 g/mol. The predicted molar refractivity (Wildman–Crippen MR) is 122 cm³/mol. The second-order valence-corrected chi connectivity index (χ2v) is 7.96. The number of ether oxygens (including phenoxy) is 1. The lowest BCUT2D eigenvalue weighted by molar-refractivity contribution is -0.118. The first-order chi connectivity index (χ1) is 13.9. The first-order valence-corrected chi connectivity index (χ1v) is 10.3. The molecule has 0 saturated carbocycles. The number of hydrogen-bond acceptors (Lipinski definition) is 3. The van der Waals surface area contributed by atoms with Gasteiger partial charge in [-0.3, -0.25) is 9.59 Å². The van der Waals surface area contributed by atoms with Crippen molar-refractivity contribution >= 4 is 55.0 Å². The Hall–Kier alpha value is -2.64. The number of anilines is 2. The molecule has 0 unspecified atom stereocenters. The fraction of sp³-hybridized carbons (Fsp3) is 0.0909. The number of nitrogens with one attached hydrogen (secondary N) is 1. The van der Waals surface area contributed by atoms with Gasteiger partial charge in [-0.2, -0.15) is 0 Å². The van der Waals surface area contributed by atoms with Crippen LogP contribution in [0.1, 0.15) is 10.4 Å². The second kappa shape index (κ2) is 9.71. The van der Waals surface area contributed by atoms with E-state index >= 15 is 0 Å². The van der Waals surface area contributed by atoms with Gasteiger partial charge in [0.05, 0.1) is 4.47 Å². The van der Waals surface area contributed by atoms with Crippen molar-refractivity contribution in [2.75, 3.05) is 23.9 Å². The highest BCUT2D eigenvalue weighted by Gasteiger charge is 2.13. The number of para-hydroxylation sites is 1. The van der Waals surface area contributed by atoms with Gasteiger partial charge in [0.2, 0.25) is 0 Å². The van der Waals surface area contributed by atoms with Crippen LogP contribution in [0.3, 0.4) is 0 Å². The Morgan fingerprint density at radius 1 is 0.966 bits per heavy atom. The summed E-state index contributed by atoms with van der Waals surface area (Å²) in [4.78, 5) is 26.3. The average Bonchev–Trinajstić information content (AvgIpc) is 2.73. The molecule has 3 aromatic rings. The van der Waals surface area contributed by atoms with E-state index in [1.54, 1.807) is 42.3 Å². The smallest absolute Gasteiger partial charge is 0.262 e. The first-order valence-electron chi connectivity index (χ1n) is 8.75. The van der Waals surface area contributed by atoms with Crippen molar-refractivity contribution in [2.24, 2.45) is 0 Å². The van der Waals surface area contributed by atoms with Crippen LogP contribution in [0.25, 0.3) is 0 Å². The second-order valence-electron chi connectivity index (χ2n) is 6.19. The molecule has 0 aliphatic carbocycles. The summed E-state index contributed by atoms with van der Waals surface area (Å²) >= 11 is 6.76. The third kappa shape index (κ3) is 5.68. The zero-order valence-corrected chi connectivity index (χ0v) is 18.7. The standard InChI is InChI=1S/C22H18Br2N2O3/c1-26(18-5-3-2-4-6-18)22(28)15-7-10-17(11-8-15)25-21(27)14-29-20-12-9-16(23)13-19(20)24/h2-13H,14H2,1H3,(H,25,27). The normalized spacial score (nSPS) is 10.3. The van der Waals surface area contributed by atoms with Gasteiger partial charge in [-0.15, -0.1) is 0 Å². The molecule has 0 spiro atoms. The van der Waals surface area contributed by atoms with Crippen LogP contribution in [-0.4, -0.2) is 25.5 Å². The van der Waals surface area contributed by atoms with E-state index in [0.29, 0.717) is 17.0 Å². The van der Waals surface area contributed by atoms with E-state index in [4.69, 9.17) is 4.74 Å². The number of nitrogens with zero attached hydrogens (tertiary/aromatic N) is 1. The van der Waals surface area contributed by atoms with Crippen LogP contribution < -0.4 is 15.0 Å². The zero-order valence-electron chi connectivity index (χ0n) is 15.6. The summed E-state index contributed by atoms with van der Waals surface area (Å²) in [5.41, 5.74) is 1.93. The molecular weight excluding hydrogens is 500 g/mol. The maximum atomic E-state index is 12.6. The summed E-state index contributed by atoms with van der Waals surface area (Å²) in [7, 11) is 1.73. The molecule has 5 nitrogen and oxygen atoms in total. The molecule has 0 aliphatic rings. The van der Waals surface area contributed by atoms with Crippen LogP contribution in [-0.2, 0) is 4.79 Å². The number of hydrogen-bond donors (Lipinski definition) is 1. The van der Waals surface area contributed by atoms with Crippen molar-refractivity contribution in [1.82, 2.24) is 0 Å². The van der Waals surface area contributed by atoms with Crippen LogP contribution in [0.15, 0.2) is 81.7 Å². The minimum Gasteiger partial charge on any atom is -0.483 e. The third-order valence-corrected chi connectivity index (χ3v) is 5.23. The van der Waals surface area contributed by atoms with Crippen molar-refractivity contribution in [2.45, 2.75) is 0 Å². The number of carbonyl (C=O) groups is 2. The molecule has 3 aromatic carbocycles. The van der Waals surface area contributed by atoms with E-state index in [9.17, 15) is 9.59 Å². The summed E-state index contributed by atoms with van der Waals surface area (Å²) in [6.07, 6.45) is 0. The molecule has 148 valence electrons. The molecule has 2 amide bonds. The highest BCUT2D eigenvalue weighted by molar-refractivity contribution is 9.11. The summed E-state index contributed by atoms with van der Waals surface area (Å²) in [5.74, 6) is 0.158. The fourth-order valence-electron chi connectivity index (χ4n) is 2.59. The van der Waals surface area contributed by atoms with E-state index in [0.717, 1.165) is 14.6 Å². The van der Waals surface area contributed by atoms with Crippen molar-refractivity contribution in [3.05, 3.63) is 87.3 Å². The summed E-state index contributed by atoms with van der Waals surface area (Å²) in [6, 6.07) is 21.6. The molecule has 0 radical (unpaired) electrons. The first kappa shape index (κ1) is 21.1. The lowest BCUT2D eigenvalue weighted by Gasteiger charge is -2.17. The SMILES string of the molecule is CN(C(=O)c1ccc(NC(=O)COc2ccc(Br)cc2Br)cc1)c1ccccc1. The van der Waals surface area contributed by atoms with Gasteiger partial charge in [0, 0.05) is 28.5 Å². The highest BCUT2D eigenvalue weighted by Crippen LogP contribution is 2.28. The quantitative estimate of drug-likeness (QED) is 0.469. The van der Waals surface area contributed by atoms with Crippen LogP contribution in [0, 0.1) is 0 Å². The number of benzene rings is 3. The molecular formula is C22H18Br2N2O3. The van der Waals surface area contributed by atoms with E-state index in [1.165, 1.54) is 0 Å². The molecule has 29 heavy (non-hydrogen) atoms. The van der Waals surface area contributed by atoms with E-state index in [2.05, 4.69) is 37.2 Å². The fourth-order valence-corrected chi connectivity index (χ4v) is 3.75. The molecule has 0 aliphatic heterocycles. The Kier molecular flexibility index (Phi) is 7.06. The summed E-state index contributed by atoms with van der Waals surface area (Å²) in [6.45, 7) is -0.127. The Morgan fingerprint density at radius 2 is 1.66 bits per heavy atom. The Morgan fingerprint density at radius 3 is 2.31 bits per heavy atom. The number of carbonyl (C=O) groups excluding carboxylic acids is 2. The maximum absolute atomic E-state index is 12.6. The van der Waals surface area contributed by atoms with E-state index < -0.39 is 0 Å². The number of amides is 2. The van der Waals surface area contributed by atoms with Gasteiger partial charge in [-0.05, 0) is 70.5 Å². The van der Waals surface area contributed by atoms with Gasteiger partial charge in [-0.1, -0.05) is 34.1 Å². The van der Waals surface area contributed by atoms with Crippen molar-refractivity contribution in [1.29, 1.82) is 0 Å². The maximum Gasteiger partial charge on any atom is 0.262 e. The lowest BCUT2D eigenvalue weighted by Crippen LogP contribution is -2.26. The summed E-state index contributed by atoms with van der Waals surface area (Å²) in [5, 5.41) is 2.76. The van der Waals surface area contributed by atoms with Crippen LogP contribution in [0.4, 0.5) is 11.4 Å². The molecule has 0 fully saturated rings. The van der Waals surface area contributed by atoms with E-state index in [1.807, 2.05) is 42.5 Å². The highest BCUT2D eigenvalue weighted by atomic mass is 79.9. The van der Waals surface area contributed by atoms with Gasteiger partial charge in [-0.25, -0.2) is 0 Å². The molecule has 0 bridgehead atoms. The van der Waals surface area contributed by atoms with Crippen molar-refractivity contribution in [3.8, 4) is 5.75 Å². The minimum absolute atomic E-state index is 0.127. The van der Waals surface area contributed by atoms with Gasteiger partial charge >= 0.3 is 0 Å². The summed E-state index contributed by atoms with van der Waals surface area (Å²) < 4.78 is 7.19. The van der Waals surface area contributed by atoms with Gasteiger partial charge in [0.25, 0.3) is 11.8 Å². The van der Waals surface area contributed by atoms with Gasteiger partial charge < -0.3 is 15.0 Å². The number of rotatable bonds is 6. The van der Waals surface area contributed by atoms with Crippen LogP contribution >= 0.6 is 31.9 Å². The third-order valence-electron chi connectivity index (χ3n) is 4.12. The van der Waals surface area contributed by atoms with Crippen molar-refractivity contribution < 1.29 is 14.3 Å². The largest absolute Gasteiger partial charge is 0.483 e. The topological polar surface area (TPSA) is 58.6 Å². The monoisotopic (exact) mass is 516 g/mol. The zero-order chi connectivity index (χ0) is 20.8. The molecule has 1 N–H and O–H groups in total. The molecule has 0 saturated heterocycles. The van der Waals surface area contributed by atoms with Crippen LogP contribution in [0.5, 0.6) is 5.75 Å². The van der Waals surface area contributed by atoms with Gasteiger partial charge in [0.1, 0.15) is 5.75 Å². The van der Waals surface area contributed by atoms with Crippen molar-refractivity contribution in [3.63, 3.8) is 0 Å². The molecule has 7 heteroatoms. The molecule has 0 heterocycles. The van der Waals surface area contributed by atoms with Crippen LogP contribution in [0.2, 0.25) is 0 Å². The molecule has 0 aromatic heterocycles. The molecule has 3 rings (SSSR count). The number of halogens is 2. The Balaban J connectivity index is 1.57. The predicted octanol–water partition coefficient (Wildman–Crippen LogP) is 5.51. The molecule has 0 atom stereocenters.